The number of anilines is 1. The Labute approximate surface area is 126 Å². The smallest absolute Gasteiger partial charge is 0.0638 e. The van der Waals surface area contributed by atoms with Gasteiger partial charge in [0.15, 0.2) is 0 Å². The maximum atomic E-state index is 6.22. The topological polar surface area (TPSA) is 12.0 Å². The van der Waals surface area contributed by atoms with Crippen LogP contribution in [0.3, 0.4) is 0 Å². The van der Waals surface area contributed by atoms with Crippen LogP contribution in [0, 0.1) is 11.8 Å². The highest BCUT2D eigenvalue weighted by Gasteiger charge is 2.22. The van der Waals surface area contributed by atoms with Crippen molar-refractivity contribution in [1.29, 1.82) is 0 Å². The summed E-state index contributed by atoms with van der Waals surface area (Å²) < 4.78 is 0. The minimum absolute atomic E-state index is 0.536. The highest BCUT2D eigenvalue weighted by Crippen LogP contribution is 2.33. The third-order valence-electron chi connectivity index (χ3n) is 3.88. The summed E-state index contributed by atoms with van der Waals surface area (Å²) in [5.41, 5.74) is 0.976. The lowest BCUT2D eigenvalue weighted by Crippen LogP contribution is -2.28. The third kappa shape index (κ3) is 4.57. The fourth-order valence-corrected chi connectivity index (χ4v) is 3.48. The lowest BCUT2D eigenvalue weighted by Gasteiger charge is -2.31. The second kappa shape index (κ2) is 6.85. The minimum atomic E-state index is 0.536. The molecule has 19 heavy (non-hydrogen) atoms. The second-order valence-electron chi connectivity index (χ2n) is 6.13. The number of hydrogen-bond acceptors (Lipinski definition) is 1. The highest BCUT2D eigenvalue weighted by molar-refractivity contribution is 6.35. The average Bonchev–Trinajstić information content (AvgIpc) is 2.33. The molecule has 106 valence electrons. The molecule has 1 saturated carbocycles. The Hall–Kier alpha value is -0.400. The van der Waals surface area contributed by atoms with E-state index >= 15 is 0 Å². The molecule has 1 fully saturated rings. The normalized spacial score (nSPS) is 23.6. The molecule has 1 aliphatic carbocycles. The molecule has 0 radical (unpaired) electrons. The Balaban J connectivity index is 1.96. The Morgan fingerprint density at radius 3 is 2.79 bits per heavy atom. The molecule has 1 aromatic carbocycles. The van der Waals surface area contributed by atoms with Crippen molar-refractivity contribution in [3.63, 3.8) is 0 Å². The van der Waals surface area contributed by atoms with Crippen molar-refractivity contribution >= 4 is 28.9 Å². The van der Waals surface area contributed by atoms with Gasteiger partial charge in [-0.05, 0) is 49.3 Å². The molecular weight excluding hydrogens is 277 g/mol. The summed E-state index contributed by atoms with van der Waals surface area (Å²) >= 11 is 12.2. The molecule has 0 saturated heterocycles. The van der Waals surface area contributed by atoms with Gasteiger partial charge in [0.25, 0.3) is 0 Å². The molecule has 1 aromatic rings. The van der Waals surface area contributed by atoms with Gasteiger partial charge in [-0.25, -0.2) is 0 Å². The largest absolute Gasteiger partial charge is 0.381 e. The van der Waals surface area contributed by atoms with E-state index in [1.165, 1.54) is 32.1 Å². The Bertz CT molecular complexity index is 417. The van der Waals surface area contributed by atoms with Crippen molar-refractivity contribution in [3.05, 3.63) is 28.2 Å². The number of benzene rings is 1. The fourth-order valence-electron chi connectivity index (χ4n) is 3.13. The first-order chi connectivity index (χ1) is 9.04. The first-order valence-corrected chi connectivity index (χ1v) is 8.01. The van der Waals surface area contributed by atoms with Crippen LogP contribution in [0.2, 0.25) is 10.0 Å². The third-order valence-corrected chi connectivity index (χ3v) is 4.44. The van der Waals surface area contributed by atoms with E-state index in [4.69, 9.17) is 23.2 Å². The maximum Gasteiger partial charge on any atom is 0.0638 e. The van der Waals surface area contributed by atoms with Crippen molar-refractivity contribution < 1.29 is 0 Å². The summed E-state index contributed by atoms with van der Waals surface area (Å²) in [4.78, 5) is 0. The Morgan fingerprint density at radius 2 is 2.05 bits per heavy atom. The molecule has 0 aliphatic heterocycles. The molecular formula is C16H23Cl2N. The van der Waals surface area contributed by atoms with Gasteiger partial charge in [-0.3, -0.25) is 0 Å². The van der Waals surface area contributed by atoms with Crippen LogP contribution in [0.25, 0.3) is 0 Å². The molecule has 1 nitrogen and oxygen atoms in total. The summed E-state index contributed by atoms with van der Waals surface area (Å²) in [6.07, 6.45) is 6.51. The van der Waals surface area contributed by atoms with Crippen LogP contribution in [-0.4, -0.2) is 6.04 Å². The first-order valence-electron chi connectivity index (χ1n) is 7.26. The Kier molecular flexibility index (Phi) is 5.41. The standard InChI is InChI=1S/C16H23Cl2N/c1-11(2)8-12-4-3-5-14(9-12)19-16-10-13(17)6-7-15(16)18/h6-7,10-12,14,19H,3-5,8-9H2,1-2H3. The molecule has 0 bridgehead atoms. The summed E-state index contributed by atoms with van der Waals surface area (Å²) in [6.45, 7) is 4.62. The fraction of sp³-hybridized carbons (Fsp3) is 0.625. The SMILES string of the molecule is CC(C)CC1CCCC(Nc2cc(Cl)ccc2Cl)C1. The van der Waals surface area contributed by atoms with Gasteiger partial charge in [0, 0.05) is 11.1 Å². The molecule has 2 rings (SSSR count). The number of nitrogens with one attached hydrogen (secondary N) is 1. The maximum absolute atomic E-state index is 6.22. The number of rotatable bonds is 4. The quantitative estimate of drug-likeness (QED) is 0.718. The van der Waals surface area contributed by atoms with Crippen molar-refractivity contribution in [2.24, 2.45) is 11.8 Å². The van der Waals surface area contributed by atoms with Crippen LogP contribution in [0.4, 0.5) is 5.69 Å². The van der Waals surface area contributed by atoms with Gasteiger partial charge in [0.05, 0.1) is 10.7 Å². The second-order valence-corrected chi connectivity index (χ2v) is 6.97. The Morgan fingerprint density at radius 1 is 1.26 bits per heavy atom. The van der Waals surface area contributed by atoms with E-state index in [0.29, 0.717) is 6.04 Å². The van der Waals surface area contributed by atoms with Gasteiger partial charge < -0.3 is 5.32 Å². The summed E-state index contributed by atoms with van der Waals surface area (Å²) in [6, 6.07) is 6.15. The molecule has 0 heterocycles. The molecule has 0 aromatic heterocycles. The average molecular weight is 300 g/mol. The zero-order valence-electron chi connectivity index (χ0n) is 11.8. The van der Waals surface area contributed by atoms with Crippen LogP contribution < -0.4 is 5.32 Å². The van der Waals surface area contributed by atoms with Gasteiger partial charge in [0.2, 0.25) is 0 Å². The van der Waals surface area contributed by atoms with Gasteiger partial charge in [0.1, 0.15) is 0 Å². The van der Waals surface area contributed by atoms with Crippen molar-refractivity contribution in [2.45, 2.75) is 52.0 Å². The molecule has 3 heteroatoms. The summed E-state index contributed by atoms with van der Waals surface area (Å²) in [5.74, 6) is 1.64. The van der Waals surface area contributed by atoms with Crippen LogP contribution >= 0.6 is 23.2 Å². The summed E-state index contributed by atoms with van der Waals surface area (Å²) in [7, 11) is 0. The van der Waals surface area contributed by atoms with Crippen molar-refractivity contribution in [1.82, 2.24) is 0 Å². The van der Waals surface area contributed by atoms with Gasteiger partial charge in [-0.2, -0.15) is 0 Å². The first kappa shape index (κ1) is 15.0. The van der Waals surface area contributed by atoms with Crippen molar-refractivity contribution in [2.75, 3.05) is 5.32 Å². The number of halogens is 2. The predicted molar refractivity (Wildman–Crippen MR) is 85.3 cm³/mol. The van der Waals surface area contributed by atoms with Gasteiger partial charge in [-0.1, -0.05) is 49.9 Å². The van der Waals surface area contributed by atoms with Crippen LogP contribution in [0.15, 0.2) is 18.2 Å². The molecule has 0 spiro atoms. The van der Waals surface area contributed by atoms with E-state index in [9.17, 15) is 0 Å². The molecule has 2 unspecified atom stereocenters. The lowest BCUT2D eigenvalue weighted by molar-refractivity contribution is 0.289. The van der Waals surface area contributed by atoms with Crippen LogP contribution in [-0.2, 0) is 0 Å². The zero-order chi connectivity index (χ0) is 13.8. The number of hydrogen-bond donors (Lipinski definition) is 1. The monoisotopic (exact) mass is 299 g/mol. The minimum Gasteiger partial charge on any atom is -0.381 e. The molecule has 0 amide bonds. The van der Waals surface area contributed by atoms with E-state index in [0.717, 1.165) is 27.6 Å². The highest BCUT2D eigenvalue weighted by atomic mass is 35.5. The van der Waals surface area contributed by atoms with E-state index in [1.54, 1.807) is 0 Å². The van der Waals surface area contributed by atoms with E-state index < -0.39 is 0 Å². The van der Waals surface area contributed by atoms with E-state index in [1.807, 2.05) is 18.2 Å². The van der Waals surface area contributed by atoms with E-state index in [-0.39, 0.29) is 0 Å². The van der Waals surface area contributed by atoms with E-state index in [2.05, 4.69) is 19.2 Å². The molecule has 1 N–H and O–H groups in total. The predicted octanol–water partition coefficient (Wildman–Crippen LogP) is 6.01. The molecule has 1 aliphatic rings. The van der Waals surface area contributed by atoms with Gasteiger partial charge in [-0.15, -0.1) is 0 Å². The van der Waals surface area contributed by atoms with Crippen molar-refractivity contribution in [3.8, 4) is 0 Å². The van der Waals surface area contributed by atoms with Crippen LogP contribution in [0.1, 0.15) is 46.0 Å². The lowest BCUT2D eigenvalue weighted by atomic mass is 9.81. The summed E-state index contributed by atoms with van der Waals surface area (Å²) in [5, 5.41) is 5.07. The van der Waals surface area contributed by atoms with Gasteiger partial charge >= 0.3 is 0 Å². The molecule has 2 atom stereocenters. The van der Waals surface area contributed by atoms with Crippen LogP contribution in [0.5, 0.6) is 0 Å². The zero-order valence-corrected chi connectivity index (χ0v) is 13.3.